The molecule has 57 heavy (non-hydrogen) atoms. The van der Waals surface area contributed by atoms with Crippen molar-refractivity contribution in [1.29, 1.82) is 0 Å². The average Bonchev–Trinajstić information content (AvgIpc) is 3.62. The molecule has 24 nitrogen and oxygen atoms in total. The third kappa shape index (κ3) is 11.7. The van der Waals surface area contributed by atoms with Crippen LogP contribution in [-0.2, 0) is 44.8 Å². The van der Waals surface area contributed by atoms with Crippen LogP contribution >= 0.6 is 0 Å². The second-order valence-corrected chi connectivity index (χ2v) is 14.9. The summed E-state index contributed by atoms with van der Waals surface area (Å²) in [6.07, 6.45) is -10.5. The van der Waals surface area contributed by atoms with Gasteiger partial charge in [-0.3, -0.25) is 28.8 Å². The van der Waals surface area contributed by atoms with Gasteiger partial charge in [-0.1, -0.05) is 13.0 Å². The van der Waals surface area contributed by atoms with Gasteiger partial charge in [-0.15, -0.1) is 0 Å². The van der Waals surface area contributed by atoms with Crippen molar-refractivity contribution < 1.29 is 111 Å². The number of benzene rings is 1. The van der Waals surface area contributed by atoms with Crippen LogP contribution in [0.25, 0.3) is 0 Å². The van der Waals surface area contributed by atoms with E-state index in [0.717, 1.165) is 24.0 Å². The summed E-state index contributed by atoms with van der Waals surface area (Å²) in [6.45, 7) is 2.60. The third-order valence-electron chi connectivity index (χ3n) is 9.54. The van der Waals surface area contributed by atoms with Crippen LogP contribution < -0.4 is 61.6 Å². The van der Waals surface area contributed by atoms with E-state index in [1.54, 1.807) is 0 Å². The van der Waals surface area contributed by atoms with Crippen LogP contribution in [0.4, 0.5) is 0 Å². The zero-order valence-corrected chi connectivity index (χ0v) is 34.0. The number of aromatic hydroxyl groups is 1. The Balaban J connectivity index is 0.0000112. The van der Waals surface area contributed by atoms with Crippen LogP contribution in [0.2, 0.25) is 0 Å². The van der Waals surface area contributed by atoms with E-state index in [1.807, 2.05) is 5.32 Å². The Morgan fingerprint density at radius 1 is 1.02 bits per heavy atom. The van der Waals surface area contributed by atoms with Crippen LogP contribution in [0.5, 0.6) is 11.5 Å². The van der Waals surface area contributed by atoms with Gasteiger partial charge in [0.15, 0.2) is 11.5 Å². The van der Waals surface area contributed by atoms with Crippen LogP contribution in [0.3, 0.4) is 0 Å². The number of nitrogens with two attached hydrogens (primary N) is 3. The van der Waals surface area contributed by atoms with Crippen molar-refractivity contribution in [3.8, 4) is 11.5 Å². The molecule has 2 aliphatic rings. The summed E-state index contributed by atoms with van der Waals surface area (Å²) in [5, 5.41) is 79.1. The van der Waals surface area contributed by atoms with Gasteiger partial charge < -0.3 is 82.1 Å². The number of carbonyl (C=O) groups is 6. The molecule has 0 aromatic heterocycles. The number of carbonyl (C=O) groups excluding carboxylic acids is 6. The van der Waals surface area contributed by atoms with Gasteiger partial charge in [-0.2, -0.15) is 0 Å². The first kappa shape index (κ1) is 49.4. The van der Waals surface area contributed by atoms with Crippen LogP contribution in [0.1, 0.15) is 39.2 Å². The maximum atomic E-state index is 14.2. The van der Waals surface area contributed by atoms with E-state index in [2.05, 4.69) is 9.50 Å². The number of aliphatic hydroxyl groups excluding tert-OH is 5. The molecule has 2 saturated heterocycles. The fraction of sp³-hybridized carbons (Fsp3) is 0.613. The third-order valence-corrected chi connectivity index (χ3v) is 9.92. The van der Waals surface area contributed by atoms with Gasteiger partial charge in [0.1, 0.15) is 41.9 Å². The number of nitrogens with one attached hydrogen (secondary N) is 2. The quantitative estimate of drug-likeness (QED) is 0.0417. The molecule has 15 N–H and O–H groups in total. The second-order valence-electron chi connectivity index (χ2n) is 13.9. The molecular weight excluding hydrogens is 797 g/mol. The number of primary amides is 2. The maximum absolute atomic E-state index is 14.2. The Bertz CT molecular complexity index is 1800. The van der Waals surface area contributed by atoms with Crippen LogP contribution in [0.15, 0.2) is 18.2 Å². The number of rotatable bonds is 16. The molecule has 314 valence electrons. The molecule has 3 rings (SSSR count). The normalized spacial score (nSPS) is 25.1. The SMILES string of the molecule is C[C@@H](O)[C@H](N)C(=O)N1C[C@H](O)C[C@H]1C(=O)N[C@H](C(=O)N[C@H](C(=O)N1C[C@H](C)[C@H](O)[C@H]1C(N)=O)[C@H](O)CC(N)=O)[C@H](O)[C@@](C)(O)c1ccc(O)c(OS(=O)(=O)[O-])c1.[Na+]. The van der Waals surface area contributed by atoms with E-state index in [-0.39, 0.29) is 36.1 Å². The van der Waals surface area contributed by atoms with E-state index in [4.69, 9.17) is 17.2 Å². The number of aliphatic hydroxyl groups is 6. The summed E-state index contributed by atoms with van der Waals surface area (Å²) in [6, 6.07) is -7.42. The fourth-order valence-corrected chi connectivity index (χ4v) is 6.74. The molecule has 6 amide bonds. The topological polar surface area (TPSA) is 419 Å². The summed E-state index contributed by atoms with van der Waals surface area (Å²) >= 11 is 0. The first-order valence-electron chi connectivity index (χ1n) is 16.9. The van der Waals surface area contributed by atoms with Gasteiger partial charge in [0.25, 0.3) is 10.4 Å². The van der Waals surface area contributed by atoms with Crippen molar-refractivity contribution in [2.24, 2.45) is 23.1 Å². The van der Waals surface area contributed by atoms with Crippen molar-refractivity contribution in [1.82, 2.24) is 20.4 Å². The minimum Gasteiger partial charge on any atom is -0.716 e. The van der Waals surface area contributed by atoms with E-state index in [9.17, 15) is 77.5 Å². The Morgan fingerprint density at radius 3 is 2.14 bits per heavy atom. The monoisotopic (exact) mass is 843 g/mol. The van der Waals surface area contributed by atoms with E-state index < -0.39 is 155 Å². The zero-order chi connectivity index (χ0) is 42.8. The second kappa shape index (κ2) is 19.3. The molecule has 1 aromatic rings. The summed E-state index contributed by atoms with van der Waals surface area (Å²) in [5.41, 5.74) is 13.0. The molecule has 0 unspecified atom stereocenters. The Labute approximate surface area is 347 Å². The predicted molar refractivity (Wildman–Crippen MR) is 183 cm³/mol. The van der Waals surface area contributed by atoms with Gasteiger partial charge >= 0.3 is 29.6 Å². The molecule has 0 spiro atoms. The summed E-state index contributed by atoms with van der Waals surface area (Å²) in [4.78, 5) is 80.4. The molecule has 0 aliphatic carbocycles. The number of phenols is 1. The minimum absolute atomic E-state index is 0. The number of β-amino-alcohol motifs (C(OH)–C–C–N with tert-alkyl or cyclic N) is 1. The van der Waals surface area contributed by atoms with Crippen LogP contribution in [0, 0.1) is 5.92 Å². The Hall–Kier alpha value is -3.73. The van der Waals surface area contributed by atoms with Crippen molar-refractivity contribution in [3.05, 3.63) is 23.8 Å². The molecule has 1 aromatic carbocycles. The van der Waals surface area contributed by atoms with Gasteiger partial charge in [0, 0.05) is 25.4 Å². The fourth-order valence-electron chi connectivity index (χ4n) is 6.39. The van der Waals surface area contributed by atoms with Gasteiger partial charge in [0.05, 0.1) is 30.8 Å². The molecule has 2 fully saturated rings. The summed E-state index contributed by atoms with van der Waals surface area (Å²) in [5.74, 6) is -10.3. The summed E-state index contributed by atoms with van der Waals surface area (Å²) in [7, 11) is -5.52. The van der Waals surface area contributed by atoms with E-state index in [1.165, 1.54) is 13.8 Å². The number of phenolic OH excluding ortho intramolecular Hbond substituents is 1. The maximum Gasteiger partial charge on any atom is 1.00 e. The Morgan fingerprint density at radius 2 is 1.61 bits per heavy atom. The van der Waals surface area contributed by atoms with Crippen molar-refractivity contribution >= 4 is 45.8 Å². The molecule has 2 heterocycles. The van der Waals surface area contributed by atoms with E-state index in [0.29, 0.717) is 11.0 Å². The number of hydrogen-bond acceptors (Lipinski definition) is 18. The molecule has 12 atom stereocenters. The number of nitrogens with zero attached hydrogens (tertiary/aromatic N) is 2. The van der Waals surface area contributed by atoms with Gasteiger partial charge in [0.2, 0.25) is 35.4 Å². The number of amides is 6. The zero-order valence-electron chi connectivity index (χ0n) is 31.2. The van der Waals surface area contributed by atoms with Crippen molar-refractivity contribution in [3.63, 3.8) is 0 Å². The average molecular weight is 844 g/mol. The van der Waals surface area contributed by atoms with E-state index >= 15 is 0 Å². The molecular formula is C31H46N7NaO17S. The predicted octanol–water partition coefficient (Wildman–Crippen LogP) is -10.6. The van der Waals surface area contributed by atoms with Crippen molar-refractivity contribution in [2.45, 2.75) is 99.9 Å². The minimum atomic E-state index is -5.52. The van der Waals surface area contributed by atoms with Gasteiger partial charge in [-0.25, -0.2) is 8.42 Å². The number of likely N-dealkylation sites (tertiary alicyclic amines) is 2. The number of hydrogen-bond donors (Lipinski definition) is 12. The molecule has 0 saturated carbocycles. The molecule has 0 radical (unpaired) electrons. The molecule has 2 aliphatic heterocycles. The first-order valence-corrected chi connectivity index (χ1v) is 18.2. The Kier molecular flexibility index (Phi) is 16.8. The van der Waals surface area contributed by atoms with Gasteiger partial charge in [-0.05, 0) is 31.5 Å². The molecule has 26 heteroatoms. The standard InChI is InChI=1S/C31H47N7O17S.Na/c1-11-9-38(23(24(11)44)26(34)46)30(50)21(17(42)8-19(32)43)35-28(48)22(36-27(47)15-7-14(40)10-37(15)29(49)20(33)12(2)39)25(45)31(3,51)13-4-5-16(41)18(6-13)55-56(52,53)54;/h4-6,11-12,14-15,17,20-25,39-42,44-45,51H,7-10,33H2,1-3H3,(H2,32,43)(H2,34,46)(H,35,48)(H,36,47)(H,52,53,54);/q;+1/p-1/t11-,12+,14+,15-,17+,20-,21-,22-,23-,24-,25-,31-;/m0./s1. The summed E-state index contributed by atoms with van der Waals surface area (Å²) < 4.78 is 37.9. The molecule has 0 bridgehead atoms. The largest absolute Gasteiger partial charge is 1.00 e. The smallest absolute Gasteiger partial charge is 0.716 e. The van der Waals surface area contributed by atoms with Crippen molar-refractivity contribution in [2.75, 3.05) is 13.1 Å². The first-order chi connectivity index (χ1) is 25.7. The van der Waals surface area contributed by atoms with Crippen LogP contribution in [-0.4, -0.2) is 168 Å².